The van der Waals surface area contributed by atoms with Crippen molar-refractivity contribution in [2.45, 2.75) is 188 Å². The summed E-state index contributed by atoms with van der Waals surface area (Å²) in [5.74, 6) is 0.00675. The van der Waals surface area contributed by atoms with E-state index in [-0.39, 0.29) is 31.1 Å². The van der Waals surface area contributed by atoms with Gasteiger partial charge in [-0.05, 0) is 25.2 Å². The average molecular weight is 583 g/mol. The van der Waals surface area contributed by atoms with Crippen LogP contribution in [0.1, 0.15) is 182 Å². The van der Waals surface area contributed by atoms with Crippen molar-refractivity contribution in [3.8, 4) is 0 Å². The largest absolute Gasteiger partial charge is 0.462 e. The maximum Gasteiger partial charge on any atom is 0.306 e. The van der Waals surface area contributed by atoms with E-state index in [1.807, 2.05) is 0 Å². The van der Waals surface area contributed by atoms with Crippen molar-refractivity contribution in [3.63, 3.8) is 0 Å². The van der Waals surface area contributed by atoms with E-state index in [2.05, 4.69) is 27.7 Å². The monoisotopic (exact) mass is 582 g/mol. The summed E-state index contributed by atoms with van der Waals surface area (Å²) in [6, 6.07) is 0. The van der Waals surface area contributed by atoms with Gasteiger partial charge in [-0.25, -0.2) is 0 Å². The molecule has 242 valence electrons. The maximum absolute atomic E-state index is 12.3. The van der Waals surface area contributed by atoms with Crippen LogP contribution in [0.3, 0.4) is 0 Å². The Labute approximate surface area is 253 Å². The minimum atomic E-state index is -0.752. The van der Waals surface area contributed by atoms with Gasteiger partial charge >= 0.3 is 17.9 Å². The van der Waals surface area contributed by atoms with Gasteiger partial charge in [0.05, 0.1) is 0 Å². The molecule has 41 heavy (non-hydrogen) atoms. The summed E-state index contributed by atoms with van der Waals surface area (Å²) in [6.45, 7) is 8.64. The van der Waals surface area contributed by atoms with Gasteiger partial charge in [-0.2, -0.15) is 0 Å². The van der Waals surface area contributed by atoms with Crippen LogP contribution in [0, 0.1) is 5.92 Å². The second kappa shape index (κ2) is 29.9. The number of hydrogen-bond donors (Lipinski definition) is 0. The molecule has 0 spiro atoms. The molecule has 0 aromatic carbocycles. The molecule has 0 bridgehead atoms. The summed E-state index contributed by atoms with van der Waals surface area (Å²) in [6.07, 6.45) is 25.0. The zero-order valence-corrected chi connectivity index (χ0v) is 27.5. The van der Waals surface area contributed by atoms with Crippen molar-refractivity contribution in [2.75, 3.05) is 13.2 Å². The molecular weight excluding hydrogens is 516 g/mol. The van der Waals surface area contributed by atoms with E-state index < -0.39 is 6.10 Å². The van der Waals surface area contributed by atoms with E-state index in [0.29, 0.717) is 19.3 Å². The van der Waals surface area contributed by atoms with Gasteiger partial charge in [-0.1, -0.05) is 143 Å². The molecule has 0 aliphatic heterocycles. The average Bonchev–Trinajstić information content (AvgIpc) is 2.96. The summed E-state index contributed by atoms with van der Waals surface area (Å²) in [5.41, 5.74) is 0. The number of hydrogen-bond acceptors (Lipinski definition) is 6. The zero-order chi connectivity index (χ0) is 30.4. The molecule has 0 aromatic rings. The van der Waals surface area contributed by atoms with Crippen molar-refractivity contribution >= 4 is 17.9 Å². The first-order chi connectivity index (χ1) is 20.0. The predicted octanol–water partition coefficient (Wildman–Crippen LogP) is 10.0. The lowest BCUT2D eigenvalue weighted by Crippen LogP contribution is -2.30. The van der Waals surface area contributed by atoms with Crippen LogP contribution in [0.4, 0.5) is 0 Å². The quantitative estimate of drug-likeness (QED) is 0.0476. The fraction of sp³-hybridized carbons (Fsp3) is 0.914. The summed E-state index contributed by atoms with van der Waals surface area (Å²) in [5, 5.41) is 0. The Morgan fingerprint density at radius 2 is 0.829 bits per heavy atom. The fourth-order valence-electron chi connectivity index (χ4n) is 5.08. The minimum absolute atomic E-state index is 0.0708. The molecule has 0 amide bonds. The molecule has 0 heterocycles. The van der Waals surface area contributed by atoms with Gasteiger partial charge in [0.25, 0.3) is 0 Å². The highest BCUT2D eigenvalue weighted by molar-refractivity contribution is 5.71. The third kappa shape index (κ3) is 27.0. The van der Waals surface area contributed by atoms with Crippen LogP contribution < -0.4 is 0 Å². The van der Waals surface area contributed by atoms with Gasteiger partial charge in [-0.15, -0.1) is 0 Å². The molecule has 0 aromatic heterocycles. The Morgan fingerprint density at radius 1 is 0.463 bits per heavy atom. The molecule has 0 radical (unpaired) electrons. The van der Waals surface area contributed by atoms with Gasteiger partial charge in [0.15, 0.2) is 6.10 Å². The molecule has 0 saturated heterocycles. The van der Waals surface area contributed by atoms with E-state index in [4.69, 9.17) is 14.2 Å². The van der Waals surface area contributed by atoms with Crippen LogP contribution in [0.15, 0.2) is 0 Å². The first-order valence-corrected chi connectivity index (χ1v) is 17.5. The van der Waals surface area contributed by atoms with Crippen LogP contribution in [0.2, 0.25) is 0 Å². The summed E-state index contributed by atoms with van der Waals surface area (Å²) in [4.78, 5) is 36.4. The molecule has 0 N–H and O–H groups in total. The van der Waals surface area contributed by atoms with Crippen LogP contribution in [0.25, 0.3) is 0 Å². The Kier molecular flexibility index (Phi) is 28.7. The number of rotatable bonds is 30. The SMILES string of the molecule is CCCCCC(=O)OCC(COC(=O)CCCCCCCCCCCCCCC(CC)CC)OC(=O)CCCCC. The highest BCUT2D eigenvalue weighted by atomic mass is 16.6. The lowest BCUT2D eigenvalue weighted by Gasteiger charge is -2.18. The smallest absolute Gasteiger partial charge is 0.306 e. The minimum Gasteiger partial charge on any atom is -0.462 e. The highest BCUT2D eigenvalue weighted by Gasteiger charge is 2.19. The molecule has 0 saturated carbocycles. The molecule has 6 nitrogen and oxygen atoms in total. The Balaban J connectivity index is 3.93. The maximum atomic E-state index is 12.3. The van der Waals surface area contributed by atoms with Crippen LogP contribution in [-0.4, -0.2) is 37.2 Å². The Morgan fingerprint density at radius 3 is 1.24 bits per heavy atom. The predicted molar refractivity (Wildman–Crippen MR) is 169 cm³/mol. The normalized spacial score (nSPS) is 11.9. The molecule has 0 fully saturated rings. The van der Waals surface area contributed by atoms with E-state index in [1.165, 1.54) is 77.0 Å². The number of unbranched alkanes of at least 4 members (excludes halogenated alkanes) is 15. The van der Waals surface area contributed by atoms with Crippen molar-refractivity contribution in [3.05, 3.63) is 0 Å². The number of esters is 3. The van der Waals surface area contributed by atoms with E-state index in [0.717, 1.165) is 63.7 Å². The fourth-order valence-corrected chi connectivity index (χ4v) is 5.08. The number of carbonyl (C=O) groups is 3. The van der Waals surface area contributed by atoms with E-state index in [9.17, 15) is 14.4 Å². The molecule has 0 rings (SSSR count). The number of ether oxygens (including phenoxy) is 3. The third-order valence-corrected chi connectivity index (χ3v) is 8.03. The zero-order valence-electron chi connectivity index (χ0n) is 27.5. The van der Waals surface area contributed by atoms with Crippen LogP contribution in [0.5, 0.6) is 0 Å². The summed E-state index contributed by atoms with van der Waals surface area (Å²) in [7, 11) is 0. The molecule has 1 atom stereocenters. The standard InChI is InChI=1S/C35H66O6/c1-5-9-21-26-33(36)39-29-32(41-35(38)28-22-10-6-2)30-40-34(37)27-24-20-18-16-14-12-11-13-15-17-19-23-25-31(7-3)8-4/h31-32H,5-30H2,1-4H3. The summed E-state index contributed by atoms with van der Waals surface area (Å²) < 4.78 is 16.2. The van der Waals surface area contributed by atoms with Gasteiger partial charge < -0.3 is 14.2 Å². The van der Waals surface area contributed by atoms with Crippen molar-refractivity contribution in [1.29, 1.82) is 0 Å². The van der Waals surface area contributed by atoms with Gasteiger partial charge in [-0.3, -0.25) is 14.4 Å². The van der Waals surface area contributed by atoms with Gasteiger partial charge in [0.1, 0.15) is 13.2 Å². The lowest BCUT2D eigenvalue weighted by atomic mass is 9.95. The molecule has 6 heteroatoms. The second-order valence-electron chi connectivity index (χ2n) is 11.9. The van der Waals surface area contributed by atoms with E-state index in [1.54, 1.807) is 0 Å². The topological polar surface area (TPSA) is 78.9 Å². The second-order valence-corrected chi connectivity index (χ2v) is 11.9. The molecular formula is C35H66O6. The number of carbonyl (C=O) groups excluding carboxylic acids is 3. The van der Waals surface area contributed by atoms with Crippen LogP contribution in [-0.2, 0) is 28.6 Å². The van der Waals surface area contributed by atoms with Gasteiger partial charge in [0.2, 0.25) is 0 Å². The molecule has 0 aliphatic carbocycles. The van der Waals surface area contributed by atoms with Crippen LogP contribution >= 0.6 is 0 Å². The summed E-state index contributed by atoms with van der Waals surface area (Å²) >= 11 is 0. The first kappa shape index (κ1) is 39.4. The Hall–Kier alpha value is -1.59. The highest BCUT2D eigenvalue weighted by Crippen LogP contribution is 2.18. The third-order valence-electron chi connectivity index (χ3n) is 8.03. The van der Waals surface area contributed by atoms with E-state index >= 15 is 0 Å². The first-order valence-electron chi connectivity index (χ1n) is 17.5. The molecule has 0 aliphatic rings. The lowest BCUT2D eigenvalue weighted by molar-refractivity contribution is -0.167. The van der Waals surface area contributed by atoms with Crippen molar-refractivity contribution < 1.29 is 28.6 Å². The molecule has 1 unspecified atom stereocenters. The van der Waals surface area contributed by atoms with Crippen molar-refractivity contribution in [2.24, 2.45) is 5.92 Å². The Bertz CT molecular complexity index is 616. The van der Waals surface area contributed by atoms with Crippen molar-refractivity contribution in [1.82, 2.24) is 0 Å². The van der Waals surface area contributed by atoms with Gasteiger partial charge in [0, 0.05) is 19.3 Å².